The second-order valence-electron chi connectivity index (χ2n) is 6.08. The molecule has 1 aliphatic heterocycles. The smallest absolute Gasteiger partial charge is 0.303 e. The summed E-state index contributed by atoms with van der Waals surface area (Å²) in [6, 6.07) is 0. The molecule has 1 heterocycles. The number of hydrogen-bond acceptors (Lipinski definition) is 11. The predicted molar refractivity (Wildman–Crippen MR) is 98.3 cm³/mol. The van der Waals surface area contributed by atoms with Gasteiger partial charge in [0, 0.05) is 27.7 Å². The molecule has 0 amide bonds. The zero-order valence-electron chi connectivity index (χ0n) is 17.2. The molecule has 0 aromatic heterocycles. The van der Waals surface area contributed by atoms with Crippen LogP contribution in [0.15, 0.2) is 25.2 Å². The Morgan fingerprint density at radius 3 is 1.97 bits per heavy atom. The number of carbonyl (C=O) groups excluding carboxylic acids is 4. The van der Waals surface area contributed by atoms with E-state index in [1.807, 2.05) is 0 Å². The normalized spacial score (nSPS) is 25.7. The van der Waals surface area contributed by atoms with Crippen LogP contribution in [-0.2, 0) is 52.3 Å². The minimum atomic E-state index is -1.28. The van der Waals surface area contributed by atoms with E-state index in [0.29, 0.717) is 0 Å². The SMILES string of the molecule is C=COC/C=C/OC1OC(COC(C)=O)C(OC(C)=O)C(OC(C)=O)C1OC(C)=O. The Labute approximate surface area is 173 Å². The summed E-state index contributed by atoms with van der Waals surface area (Å²) in [5.41, 5.74) is 0. The van der Waals surface area contributed by atoms with Gasteiger partial charge in [-0.05, 0) is 6.08 Å². The highest BCUT2D eigenvalue weighted by atomic mass is 16.7. The van der Waals surface area contributed by atoms with Gasteiger partial charge in [0.25, 0.3) is 0 Å². The fraction of sp³-hybridized carbons (Fsp3) is 0.579. The van der Waals surface area contributed by atoms with Crippen molar-refractivity contribution in [3.8, 4) is 0 Å². The molecule has 30 heavy (non-hydrogen) atoms. The Morgan fingerprint density at radius 2 is 1.43 bits per heavy atom. The van der Waals surface area contributed by atoms with Crippen molar-refractivity contribution in [3.05, 3.63) is 25.2 Å². The highest BCUT2D eigenvalue weighted by Gasteiger charge is 2.53. The zero-order chi connectivity index (χ0) is 22.7. The van der Waals surface area contributed by atoms with Crippen molar-refractivity contribution >= 4 is 23.9 Å². The van der Waals surface area contributed by atoms with Crippen molar-refractivity contribution in [2.24, 2.45) is 0 Å². The van der Waals surface area contributed by atoms with Gasteiger partial charge in [0.05, 0.1) is 12.5 Å². The number of ether oxygens (including phenoxy) is 7. The van der Waals surface area contributed by atoms with Gasteiger partial charge in [-0.2, -0.15) is 0 Å². The van der Waals surface area contributed by atoms with E-state index >= 15 is 0 Å². The quantitative estimate of drug-likeness (QED) is 0.210. The molecule has 0 aliphatic carbocycles. The summed E-state index contributed by atoms with van der Waals surface area (Å²) in [7, 11) is 0. The highest BCUT2D eigenvalue weighted by molar-refractivity contribution is 5.68. The third kappa shape index (κ3) is 8.52. The lowest BCUT2D eigenvalue weighted by atomic mass is 9.98. The van der Waals surface area contributed by atoms with Gasteiger partial charge in [0.2, 0.25) is 12.4 Å². The molecule has 1 rings (SSSR count). The van der Waals surface area contributed by atoms with E-state index in [1.54, 1.807) is 0 Å². The zero-order valence-corrected chi connectivity index (χ0v) is 17.2. The van der Waals surface area contributed by atoms with Crippen LogP contribution in [0.2, 0.25) is 0 Å². The molecule has 5 unspecified atom stereocenters. The van der Waals surface area contributed by atoms with Crippen LogP contribution in [0.5, 0.6) is 0 Å². The molecule has 0 aromatic carbocycles. The van der Waals surface area contributed by atoms with Crippen LogP contribution >= 0.6 is 0 Å². The molecule has 0 N–H and O–H groups in total. The van der Waals surface area contributed by atoms with Gasteiger partial charge in [0.1, 0.15) is 19.3 Å². The average molecular weight is 430 g/mol. The molecule has 1 aliphatic rings. The molecule has 168 valence electrons. The Morgan fingerprint density at radius 1 is 0.867 bits per heavy atom. The standard InChI is InChI=1S/C19H26O11/c1-6-24-8-7-9-25-19-18(29-14(5)23)17(28-13(4)22)16(27-12(3)21)15(30-19)10-26-11(2)20/h6-7,9,15-19H,1,8,10H2,2-5H3/b9-7+. The molecular formula is C19H26O11. The maximum absolute atomic E-state index is 11.7. The lowest BCUT2D eigenvalue weighted by Crippen LogP contribution is -2.62. The molecule has 0 saturated carbocycles. The topological polar surface area (TPSA) is 133 Å². The summed E-state index contributed by atoms with van der Waals surface area (Å²) in [5, 5.41) is 0. The summed E-state index contributed by atoms with van der Waals surface area (Å²) in [5.74, 6) is -2.76. The maximum Gasteiger partial charge on any atom is 0.303 e. The molecule has 0 aromatic rings. The molecule has 11 heteroatoms. The molecule has 1 fully saturated rings. The number of rotatable bonds is 10. The minimum absolute atomic E-state index is 0.148. The van der Waals surface area contributed by atoms with Gasteiger partial charge in [-0.1, -0.05) is 6.58 Å². The predicted octanol–water partition coefficient (Wildman–Crippen LogP) is 0.760. The molecule has 1 saturated heterocycles. The molecule has 0 spiro atoms. The monoisotopic (exact) mass is 430 g/mol. The molecule has 0 bridgehead atoms. The average Bonchev–Trinajstić information content (AvgIpc) is 2.63. The van der Waals surface area contributed by atoms with Crippen molar-refractivity contribution in [2.75, 3.05) is 13.2 Å². The van der Waals surface area contributed by atoms with E-state index in [9.17, 15) is 19.2 Å². The summed E-state index contributed by atoms with van der Waals surface area (Å²) < 4.78 is 36.8. The van der Waals surface area contributed by atoms with Crippen molar-refractivity contribution < 1.29 is 52.3 Å². The van der Waals surface area contributed by atoms with Gasteiger partial charge in [-0.25, -0.2) is 0 Å². The van der Waals surface area contributed by atoms with Gasteiger partial charge >= 0.3 is 23.9 Å². The number of carbonyl (C=O) groups is 4. The summed E-state index contributed by atoms with van der Waals surface area (Å²) >= 11 is 0. The molecule has 0 radical (unpaired) electrons. The van der Waals surface area contributed by atoms with Crippen LogP contribution in [0.1, 0.15) is 27.7 Å². The number of esters is 4. The maximum atomic E-state index is 11.7. The first kappa shape index (κ1) is 25.0. The van der Waals surface area contributed by atoms with Crippen LogP contribution in [0.25, 0.3) is 0 Å². The van der Waals surface area contributed by atoms with Crippen molar-refractivity contribution in [2.45, 2.75) is 58.4 Å². The van der Waals surface area contributed by atoms with Gasteiger partial charge in [-0.3, -0.25) is 19.2 Å². The minimum Gasteiger partial charge on any atom is -0.498 e. The van der Waals surface area contributed by atoms with Crippen molar-refractivity contribution in [1.29, 1.82) is 0 Å². The first-order valence-corrected chi connectivity index (χ1v) is 8.99. The van der Waals surface area contributed by atoms with Crippen LogP contribution < -0.4 is 0 Å². The van der Waals surface area contributed by atoms with E-state index in [-0.39, 0.29) is 13.2 Å². The summed E-state index contributed by atoms with van der Waals surface area (Å²) in [6.45, 7) is 7.81. The van der Waals surface area contributed by atoms with Crippen LogP contribution in [0.3, 0.4) is 0 Å². The molecular weight excluding hydrogens is 404 g/mol. The van der Waals surface area contributed by atoms with E-state index in [0.717, 1.165) is 20.8 Å². The van der Waals surface area contributed by atoms with Gasteiger partial charge < -0.3 is 33.2 Å². The second kappa shape index (κ2) is 12.5. The third-order valence-electron chi connectivity index (χ3n) is 3.57. The first-order valence-electron chi connectivity index (χ1n) is 8.99. The molecule has 5 atom stereocenters. The fourth-order valence-corrected chi connectivity index (χ4v) is 2.59. The Balaban J connectivity index is 3.22. The Kier molecular flexibility index (Phi) is 10.4. The highest BCUT2D eigenvalue weighted by Crippen LogP contribution is 2.30. The van der Waals surface area contributed by atoms with E-state index in [1.165, 1.54) is 25.5 Å². The largest absolute Gasteiger partial charge is 0.498 e. The Bertz CT molecular complexity index is 657. The van der Waals surface area contributed by atoms with Crippen LogP contribution in [-0.4, -0.2) is 67.8 Å². The fourth-order valence-electron chi connectivity index (χ4n) is 2.59. The lowest BCUT2D eigenvalue weighted by molar-refractivity contribution is -0.297. The lowest BCUT2D eigenvalue weighted by Gasteiger charge is -2.43. The first-order chi connectivity index (χ1) is 14.1. The summed E-state index contributed by atoms with van der Waals surface area (Å²) in [6.07, 6.45) is -2.20. The van der Waals surface area contributed by atoms with Gasteiger partial charge in [-0.15, -0.1) is 0 Å². The Hall–Kier alpha value is -3.08. The van der Waals surface area contributed by atoms with E-state index in [2.05, 4.69) is 6.58 Å². The summed E-state index contributed by atoms with van der Waals surface area (Å²) in [4.78, 5) is 46.2. The van der Waals surface area contributed by atoms with E-state index < -0.39 is 54.6 Å². The van der Waals surface area contributed by atoms with E-state index in [4.69, 9.17) is 33.2 Å². The van der Waals surface area contributed by atoms with Crippen LogP contribution in [0, 0.1) is 0 Å². The second-order valence-corrected chi connectivity index (χ2v) is 6.08. The van der Waals surface area contributed by atoms with Gasteiger partial charge in [0.15, 0.2) is 12.2 Å². The molecule has 11 nitrogen and oxygen atoms in total. The van der Waals surface area contributed by atoms with Crippen molar-refractivity contribution in [3.63, 3.8) is 0 Å². The van der Waals surface area contributed by atoms with Crippen LogP contribution in [0.4, 0.5) is 0 Å². The number of hydrogen-bond donors (Lipinski definition) is 0. The van der Waals surface area contributed by atoms with Crippen molar-refractivity contribution in [1.82, 2.24) is 0 Å². The third-order valence-corrected chi connectivity index (χ3v) is 3.57.